The first kappa shape index (κ1) is 11.0. The summed E-state index contributed by atoms with van der Waals surface area (Å²) >= 11 is 3.21. The normalized spacial score (nSPS) is 9.57. The molecule has 0 bridgehead atoms. The topological polar surface area (TPSA) is 51.2 Å². The van der Waals surface area contributed by atoms with Gasteiger partial charge in [-0.05, 0) is 19.1 Å². The van der Waals surface area contributed by atoms with E-state index in [1.54, 1.807) is 25.3 Å². The van der Waals surface area contributed by atoms with Gasteiger partial charge in [0.1, 0.15) is 11.4 Å². The van der Waals surface area contributed by atoms with E-state index in [4.69, 9.17) is 4.74 Å². The highest BCUT2D eigenvalue weighted by molar-refractivity contribution is 9.09. The lowest BCUT2D eigenvalue weighted by molar-refractivity contribution is 0.0527. The molecule has 0 radical (unpaired) electrons. The summed E-state index contributed by atoms with van der Waals surface area (Å²) in [6, 6.07) is 3.38. The van der Waals surface area contributed by atoms with Crippen LogP contribution < -0.4 is 5.32 Å². The van der Waals surface area contributed by atoms with Crippen molar-refractivity contribution in [3.05, 3.63) is 23.9 Å². The van der Waals surface area contributed by atoms with Gasteiger partial charge in [0.2, 0.25) is 0 Å². The van der Waals surface area contributed by atoms with Crippen LogP contribution in [0.25, 0.3) is 0 Å². The molecule has 4 nitrogen and oxygen atoms in total. The van der Waals surface area contributed by atoms with Crippen molar-refractivity contribution in [2.24, 2.45) is 0 Å². The number of nitrogens with zero attached hydrogens (tertiary/aromatic N) is 1. The summed E-state index contributed by atoms with van der Waals surface area (Å²) in [6.45, 7) is 2.13. The Morgan fingerprint density at radius 2 is 2.50 bits per heavy atom. The van der Waals surface area contributed by atoms with E-state index in [0.717, 1.165) is 0 Å². The number of aromatic nitrogens is 1. The molecule has 1 aromatic rings. The van der Waals surface area contributed by atoms with Crippen molar-refractivity contribution < 1.29 is 9.53 Å². The second kappa shape index (κ2) is 5.59. The lowest BCUT2D eigenvalue weighted by atomic mass is 10.2. The number of hydrogen-bond donors (Lipinski definition) is 1. The molecule has 0 aliphatic rings. The van der Waals surface area contributed by atoms with Gasteiger partial charge >= 0.3 is 5.97 Å². The molecule has 0 spiro atoms. The van der Waals surface area contributed by atoms with E-state index in [1.165, 1.54) is 0 Å². The van der Waals surface area contributed by atoms with Crippen molar-refractivity contribution in [2.75, 3.05) is 17.4 Å². The quantitative estimate of drug-likeness (QED) is 0.510. The van der Waals surface area contributed by atoms with E-state index in [2.05, 4.69) is 26.2 Å². The summed E-state index contributed by atoms with van der Waals surface area (Å²) < 4.78 is 4.88. The summed E-state index contributed by atoms with van der Waals surface area (Å²) in [5.74, 6) is 0.173. The van der Waals surface area contributed by atoms with Crippen molar-refractivity contribution in [3.8, 4) is 0 Å². The molecular weight excluding hydrogens is 248 g/mol. The Hall–Kier alpha value is -1.10. The van der Waals surface area contributed by atoms with Gasteiger partial charge in [-0.1, -0.05) is 15.9 Å². The van der Waals surface area contributed by atoms with Gasteiger partial charge in [-0.2, -0.15) is 0 Å². The van der Waals surface area contributed by atoms with Crippen LogP contribution in [0.2, 0.25) is 0 Å². The Morgan fingerprint density at radius 1 is 1.71 bits per heavy atom. The highest BCUT2D eigenvalue weighted by Gasteiger charge is 2.11. The largest absolute Gasteiger partial charge is 0.462 e. The third-order valence-corrected chi connectivity index (χ3v) is 1.82. The first-order chi connectivity index (χ1) is 6.79. The molecule has 0 aliphatic heterocycles. The number of ether oxygens (including phenoxy) is 1. The van der Waals surface area contributed by atoms with Crippen LogP contribution in [-0.2, 0) is 4.74 Å². The molecule has 0 saturated carbocycles. The van der Waals surface area contributed by atoms with Crippen molar-refractivity contribution in [2.45, 2.75) is 6.92 Å². The SMILES string of the molecule is CCOC(=O)c1cccnc1NCBr. The predicted octanol–water partition coefficient (Wildman–Crippen LogP) is 2.02. The monoisotopic (exact) mass is 258 g/mol. The maximum absolute atomic E-state index is 11.4. The molecule has 14 heavy (non-hydrogen) atoms. The minimum absolute atomic E-state index is 0.357. The van der Waals surface area contributed by atoms with Gasteiger partial charge in [-0.25, -0.2) is 9.78 Å². The fraction of sp³-hybridized carbons (Fsp3) is 0.333. The van der Waals surface area contributed by atoms with E-state index in [0.29, 0.717) is 23.4 Å². The van der Waals surface area contributed by atoms with Crippen LogP contribution >= 0.6 is 15.9 Å². The Balaban J connectivity index is 2.88. The maximum atomic E-state index is 11.4. The fourth-order valence-corrected chi connectivity index (χ4v) is 1.25. The van der Waals surface area contributed by atoms with Crippen LogP contribution in [0.15, 0.2) is 18.3 Å². The van der Waals surface area contributed by atoms with Gasteiger partial charge < -0.3 is 10.1 Å². The van der Waals surface area contributed by atoms with Gasteiger partial charge in [0.05, 0.1) is 12.1 Å². The van der Waals surface area contributed by atoms with Crippen LogP contribution in [-0.4, -0.2) is 23.0 Å². The molecule has 1 aromatic heterocycles. The van der Waals surface area contributed by atoms with Crippen molar-refractivity contribution in [3.63, 3.8) is 0 Å². The molecular formula is C9H11BrN2O2. The molecule has 5 heteroatoms. The van der Waals surface area contributed by atoms with E-state index < -0.39 is 0 Å². The standard InChI is InChI=1S/C9H11BrN2O2/c1-2-14-9(13)7-4-3-5-11-8(7)12-6-10/h3-5H,2,6H2,1H3,(H,11,12). The zero-order valence-corrected chi connectivity index (χ0v) is 9.37. The number of nitrogens with one attached hydrogen (secondary N) is 1. The fourth-order valence-electron chi connectivity index (χ4n) is 0.983. The number of hydrogen-bond acceptors (Lipinski definition) is 4. The molecule has 0 fully saturated rings. The van der Waals surface area contributed by atoms with E-state index >= 15 is 0 Å². The Bertz CT molecular complexity index is 317. The zero-order chi connectivity index (χ0) is 10.4. The van der Waals surface area contributed by atoms with Gasteiger partial charge in [-0.3, -0.25) is 0 Å². The third-order valence-electron chi connectivity index (χ3n) is 1.54. The van der Waals surface area contributed by atoms with Crippen LogP contribution in [0.5, 0.6) is 0 Å². The van der Waals surface area contributed by atoms with E-state index in [-0.39, 0.29) is 5.97 Å². The number of pyridine rings is 1. The molecule has 0 aromatic carbocycles. The molecule has 0 unspecified atom stereocenters. The number of carbonyl (C=O) groups is 1. The Kier molecular flexibility index (Phi) is 4.39. The number of rotatable bonds is 4. The van der Waals surface area contributed by atoms with Crippen molar-refractivity contribution in [1.29, 1.82) is 0 Å². The second-order valence-electron chi connectivity index (χ2n) is 2.43. The van der Waals surface area contributed by atoms with E-state index in [1.807, 2.05) is 0 Å². The van der Waals surface area contributed by atoms with Crippen LogP contribution in [0.3, 0.4) is 0 Å². The molecule has 1 N–H and O–H groups in total. The Morgan fingerprint density at radius 3 is 3.14 bits per heavy atom. The molecule has 0 amide bonds. The van der Waals surface area contributed by atoms with Crippen LogP contribution in [0, 0.1) is 0 Å². The number of anilines is 1. The smallest absolute Gasteiger partial charge is 0.341 e. The first-order valence-electron chi connectivity index (χ1n) is 4.21. The summed E-state index contributed by atoms with van der Waals surface area (Å²) in [6.07, 6.45) is 1.62. The van der Waals surface area contributed by atoms with Gasteiger partial charge in [-0.15, -0.1) is 0 Å². The number of carbonyl (C=O) groups excluding carboxylic acids is 1. The molecule has 1 heterocycles. The lowest BCUT2D eigenvalue weighted by Crippen LogP contribution is -2.10. The first-order valence-corrected chi connectivity index (χ1v) is 5.33. The summed E-state index contributed by atoms with van der Waals surface area (Å²) in [5.41, 5.74) is 0.991. The average Bonchev–Trinajstić information content (AvgIpc) is 2.19. The minimum Gasteiger partial charge on any atom is -0.462 e. The van der Waals surface area contributed by atoms with Gasteiger partial charge in [0, 0.05) is 6.20 Å². The van der Waals surface area contributed by atoms with Crippen LogP contribution in [0.1, 0.15) is 17.3 Å². The Labute approximate surface area is 90.8 Å². The molecule has 76 valence electrons. The lowest BCUT2D eigenvalue weighted by Gasteiger charge is -2.07. The molecule has 0 atom stereocenters. The predicted molar refractivity (Wildman–Crippen MR) is 57.6 cm³/mol. The highest BCUT2D eigenvalue weighted by atomic mass is 79.9. The number of esters is 1. The van der Waals surface area contributed by atoms with E-state index in [9.17, 15) is 4.79 Å². The number of alkyl halides is 1. The number of halogens is 1. The average molecular weight is 259 g/mol. The molecule has 0 aliphatic carbocycles. The maximum Gasteiger partial charge on any atom is 0.341 e. The second-order valence-corrected chi connectivity index (χ2v) is 2.99. The third kappa shape index (κ3) is 2.70. The zero-order valence-electron chi connectivity index (χ0n) is 7.79. The summed E-state index contributed by atoms with van der Waals surface area (Å²) in [4.78, 5) is 15.5. The summed E-state index contributed by atoms with van der Waals surface area (Å²) in [5, 5.41) is 2.92. The van der Waals surface area contributed by atoms with Crippen LogP contribution in [0.4, 0.5) is 5.82 Å². The molecule has 1 rings (SSSR count). The van der Waals surface area contributed by atoms with Crippen molar-refractivity contribution in [1.82, 2.24) is 4.98 Å². The van der Waals surface area contributed by atoms with Gasteiger partial charge in [0.25, 0.3) is 0 Å². The van der Waals surface area contributed by atoms with Gasteiger partial charge in [0.15, 0.2) is 0 Å². The minimum atomic E-state index is -0.357. The van der Waals surface area contributed by atoms with Crippen molar-refractivity contribution >= 4 is 27.7 Å². The molecule has 0 saturated heterocycles. The summed E-state index contributed by atoms with van der Waals surface area (Å²) in [7, 11) is 0. The highest BCUT2D eigenvalue weighted by Crippen LogP contribution is 2.12.